The van der Waals surface area contributed by atoms with Gasteiger partial charge in [0.1, 0.15) is 11.6 Å². The fourth-order valence-corrected chi connectivity index (χ4v) is 4.63. The number of ether oxygens (including phenoxy) is 1. The zero-order chi connectivity index (χ0) is 16.0. The first-order chi connectivity index (χ1) is 11.2. The number of nitriles is 1. The van der Waals surface area contributed by atoms with Crippen molar-refractivity contribution in [1.29, 1.82) is 5.26 Å². The van der Waals surface area contributed by atoms with Crippen molar-refractivity contribution in [3.63, 3.8) is 0 Å². The van der Waals surface area contributed by atoms with E-state index in [4.69, 9.17) is 10.5 Å². The number of fused-ring (bicyclic) bond motifs is 3. The molecule has 0 amide bonds. The fourth-order valence-electron chi connectivity index (χ4n) is 2.76. The number of halogens is 1. The molecule has 1 aliphatic heterocycles. The minimum atomic E-state index is -0.297. The SMILES string of the molecule is N#CC1=C(N)Oc2c(sc3c(Br)cccc23)C1c1ccccn1. The van der Waals surface area contributed by atoms with Gasteiger partial charge in [-0.05, 0) is 40.2 Å². The Balaban J connectivity index is 2.04. The van der Waals surface area contributed by atoms with E-state index in [1.807, 2.05) is 36.4 Å². The number of nitrogens with two attached hydrogens (primary N) is 1. The van der Waals surface area contributed by atoms with Gasteiger partial charge in [-0.3, -0.25) is 4.98 Å². The summed E-state index contributed by atoms with van der Waals surface area (Å²) in [6.45, 7) is 0. The van der Waals surface area contributed by atoms with Gasteiger partial charge in [0, 0.05) is 16.1 Å². The number of benzene rings is 1. The van der Waals surface area contributed by atoms with E-state index in [0.29, 0.717) is 5.57 Å². The normalized spacial score (nSPS) is 16.8. The molecule has 1 atom stereocenters. The van der Waals surface area contributed by atoms with E-state index in [1.165, 1.54) is 0 Å². The highest BCUT2D eigenvalue weighted by atomic mass is 79.9. The van der Waals surface area contributed by atoms with Gasteiger partial charge in [-0.15, -0.1) is 11.3 Å². The van der Waals surface area contributed by atoms with Crippen molar-refractivity contribution in [2.24, 2.45) is 5.73 Å². The topological polar surface area (TPSA) is 71.9 Å². The Morgan fingerprint density at radius 1 is 1.26 bits per heavy atom. The number of hydrogen-bond acceptors (Lipinski definition) is 5. The number of nitrogens with zero attached hydrogens (tertiary/aromatic N) is 2. The van der Waals surface area contributed by atoms with Crippen molar-refractivity contribution in [2.75, 3.05) is 0 Å². The summed E-state index contributed by atoms with van der Waals surface area (Å²) in [6.07, 6.45) is 1.72. The molecule has 1 aromatic carbocycles. The van der Waals surface area contributed by atoms with Crippen molar-refractivity contribution < 1.29 is 4.74 Å². The molecule has 3 heterocycles. The van der Waals surface area contributed by atoms with Gasteiger partial charge in [0.25, 0.3) is 0 Å². The van der Waals surface area contributed by atoms with E-state index in [0.717, 1.165) is 30.9 Å². The molecule has 1 aliphatic rings. The lowest BCUT2D eigenvalue weighted by molar-refractivity contribution is 0.401. The summed E-state index contributed by atoms with van der Waals surface area (Å²) in [7, 11) is 0. The number of thiophene rings is 1. The molecule has 1 unspecified atom stereocenters. The summed E-state index contributed by atoms with van der Waals surface area (Å²) in [5.74, 6) is 0.572. The molecule has 2 aromatic heterocycles. The Morgan fingerprint density at radius 3 is 2.87 bits per heavy atom. The molecule has 23 heavy (non-hydrogen) atoms. The molecule has 4 nitrogen and oxygen atoms in total. The van der Waals surface area contributed by atoms with Gasteiger partial charge in [0.2, 0.25) is 5.88 Å². The lowest BCUT2D eigenvalue weighted by atomic mass is 9.92. The lowest BCUT2D eigenvalue weighted by Crippen LogP contribution is -2.20. The molecule has 0 spiro atoms. The van der Waals surface area contributed by atoms with Crippen LogP contribution in [0.5, 0.6) is 5.75 Å². The molecule has 3 aromatic rings. The maximum atomic E-state index is 9.55. The van der Waals surface area contributed by atoms with Crippen LogP contribution in [0.15, 0.2) is 58.5 Å². The van der Waals surface area contributed by atoms with E-state index in [1.54, 1.807) is 17.5 Å². The van der Waals surface area contributed by atoms with Crippen LogP contribution in [0.2, 0.25) is 0 Å². The second-order valence-electron chi connectivity index (χ2n) is 5.09. The van der Waals surface area contributed by atoms with Gasteiger partial charge in [0.15, 0.2) is 5.75 Å². The van der Waals surface area contributed by atoms with Crippen molar-refractivity contribution >= 4 is 37.4 Å². The average molecular weight is 384 g/mol. The van der Waals surface area contributed by atoms with Gasteiger partial charge >= 0.3 is 0 Å². The molecular weight excluding hydrogens is 374 g/mol. The van der Waals surface area contributed by atoms with Gasteiger partial charge in [-0.25, -0.2) is 0 Å². The zero-order valence-corrected chi connectivity index (χ0v) is 14.2. The minimum absolute atomic E-state index is 0.148. The molecular formula is C17H10BrN3OS. The van der Waals surface area contributed by atoms with Crippen LogP contribution in [0.1, 0.15) is 16.5 Å². The Labute approximate surface area is 145 Å². The quantitative estimate of drug-likeness (QED) is 0.680. The fraction of sp³-hybridized carbons (Fsp3) is 0.0588. The summed E-state index contributed by atoms with van der Waals surface area (Å²) in [6, 6.07) is 13.8. The van der Waals surface area contributed by atoms with E-state index in [9.17, 15) is 5.26 Å². The number of hydrogen-bond donors (Lipinski definition) is 1. The van der Waals surface area contributed by atoms with Crippen LogP contribution in [-0.4, -0.2) is 4.98 Å². The molecule has 6 heteroatoms. The standard InChI is InChI=1S/C17H10BrN3OS/c18-11-5-3-4-9-14-16(23-15(9)11)13(10(8-19)17(20)22-14)12-6-1-2-7-21-12/h1-7,13H,20H2. The third kappa shape index (κ3) is 2.12. The second kappa shape index (κ2) is 5.37. The number of rotatable bonds is 1. The van der Waals surface area contributed by atoms with E-state index in [2.05, 4.69) is 27.0 Å². The predicted octanol–water partition coefficient (Wildman–Crippen LogP) is 4.28. The van der Waals surface area contributed by atoms with Crippen molar-refractivity contribution in [2.45, 2.75) is 5.92 Å². The minimum Gasteiger partial charge on any atom is -0.439 e. The summed E-state index contributed by atoms with van der Waals surface area (Å²) in [5.41, 5.74) is 7.21. The average Bonchev–Trinajstić information content (AvgIpc) is 2.94. The third-order valence-corrected chi connectivity index (χ3v) is 5.99. The molecule has 2 N–H and O–H groups in total. The maximum absolute atomic E-state index is 9.55. The van der Waals surface area contributed by atoms with Crippen LogP contribution >= 0.6 is 27.3 Å². The molecule has 0 saturated heterocycles. The molecule has 0 radical (unpaired) electrons. The van der Waals surface area contributed by atoms with Crippen molar-refractivity contribution in [3.8, 4) is 11.8 Å². The van der Waals surface area contributed by atoms with Crippen LogP contribution in [-0.2, 0) is 0 Å². The zero-order valence-electron chi connectivity index (χ0n) is 11.8. The largest absolute Gasteiger partial charge is 0.439 e. The summed E-state index contributed by atoms with van der Waals surface area (Å²) >= 11 is 5.17. The Bertz CT molecular complexity index is 988. The number of aromatic nitrogens is 1. The summed E-state index contributed by atoms with van der Waals surface area (Å²) in [4.78, 5) is 5.38. The van der Waals surface area contributed by atoms with Crippen molar-refractivity contribution in [3.05, 3.63) is 69.1 Å². The summed E-state index contributed by atoms with van der Waals surface area (Å²) < 4.78 is 7.86. The van der Waals surface area contributed by atoms with E-state index >= 15 is 0 Å². The molecule has 0 aliphatic carbocycles. The highest BCUT2D eigenvalue weighted by molar-refractivity contribution is 9.10. The van der Waals surface area contributed by atoms with Crippen LogP contribution in [0.4, 0.5) is 0 Å². The highest BCUT2D eigenvalue weighted by Crippen LogP contribution is 2.51. The summed E-state index contributed by atoms with van der Waals surface area (Å²) in [5, 5.41) is 10.5. The highest BCUT2D eigenvalue weighted by Gasteiger charge is 2.34. The van der Waals surface area contributed by atoms with Gasteiger partial charge < -0.3 is 10.5 Å². The van der Waals surface area contributed by atoms with Gasteiger partial charge in [0.05, 0.1) is 21.2 Å². The Kier molecular flexibility index (Phi) is 3.33. The van der Waals surface area contributed by atoms with Crippen LogP contribution in [0, 0.1) is 11.3 Å². The van der Waals surface area contributed by atoms with E-state index < -0.39 is 0 Å². The molecule has 0 bridgehead atoms. The van der Waals surface area contributed by atoms with E-state index in [-0.39, 0.29) is 11.8 Å². The Hall–Kier alpha value is -2.36. The third-order valence-electron chi connectivity index (χ3n) is 3.78. The first-order valence-electron chi connectivity index (χ1n) is 6.90. The lowest BCUT2D eigenvalue weighted by Gasteiger charge is -2.22. The second-order valence-corrected chi connectivity index (χ2v) is 7.00. The predicted molar refractivity (Wildman–Crippen MR) is 93.1 cm³/mol. The van der Waals surface area contributed by atoms with Crippen molar-refractivity contribution in [1.82, 2.24) is 4.98 Å². The number of allylic oxidation sites excluding steroid dienone is 1. The van der Waals surface area contributed by atoms with Crippen LogP contribution < -0.4 is 10.5 Å². The van der Waals surface area contributed by atoms with Crippen LogP contribution in [0.25, 0.3) is 10.1 Å². The maximum Gasteiger partial charge on any atom is 0.205 e. The molecule has 4 rings (SSSR count). The first kappa shape index (κ1) is 14.2. The monoisotopic (exact) mass is 383 g/mol. The van der Waals surface area contributed by atoms with Gasteiger partial charge in [-0.1, -0.05) is 12.1 Å². The molecule has 0 saturated carbocycles. The first-order valence-corrected chi connectivity index (χ1v) is 8.51. The number of pyridine rings is 1. The van der Waals surface area contributed by atoms with Crippen LogP contribution in [0.3, 0.4) is 0 Å². The Morgan fingerprint density at radius 2 is 2.13 bits per heavy atom. The smallest absolute Gasteiger partial charge is 0.205 e. The van der Waals surface area contributed by atoms with Gasteiger partial charge in [-0.2, -0.15) is 5.26 Å². The molecule has 112 valence electrons. The molecule has 0 fully saturated rings.